The van der Waals surface area contributed by atoms with Crippen molar-refractivity contribution in [1.29, 1.82) is 0 Å². The monoisotopic (exact) mass is 253 g/mol. The molecule has 1 atom stereocenters. The fourth-order valence-electron chi connectivity index (χ4n) is 1.75. The van der Waals surface area contributed by atoms with Crippen LogP contribution in [-0.4, -0.2) is 36.2 Å². The van der Waals surface area contributed by atoms with Crippen LogP contribution in [0.4, 0.5) is 5.69 Å². The van der Waals surface area contributed by atoms with Crippen LogP contribution in [0.3, 0.4) is 0 Å². The second-order valence-electron chi connectivity index (χ2n) is 3.98. The lowest BCUT2D eigenvalue weighted by atomic mass is 10.1. The van der Waals surface area contributed by atoms with Crippen molar-refractivity contribution in [1.82, 2.24) is 0 Å². The minimum atomic E-state index is -0.879. The third kappa shape index (κ3) is 3.66. The molecule has 4 heteroatoms. The largest absolute Gasteiger partial charge is 0.478 e. The molecule has 1 aromatic rings. The third-order valence-corrected chi connectivity index (χ3v) is 3.62. The number of aromatic carboxylic acids is 1. The molecule has 0 amide bonds. The van der Waals surface area contributed by atoms with E-state index in [4.69, 9.17) is 5.11 Å². The zero-order chi connectivity index (χ0) is 12.8. The van der Waals surface area contributed by atoms with Gasteiger partial charge in [-0.15, -0.1) is 0 Å². The molecule has 0 aliphatic carbocycles. The number of anilines is 1. The van der Waals surface area contributed by atoms with Gasteiger partial charge in [0.1, 0.15) is 0 Å². The predicted octanol–water partition coefficient (Wildman–Crippen LogP) is 2.96. The molecule has 94 valence electrons. The first-order chi connectivity index (χ1) is 8.10. The second-order valence-corrected chi connectivity index (χ2v) is 4.89. The summed E-state index contributed by atoms with van der Waals surface area (Å²) in [6.45, 7) is 2.17. The Bertz CT molecular complexity index is 364. The van der Waals surface area contributed by atoms with Gasteiger partial charge >= 0.3 is 5.97 Å². The second kappa shape index (κ2) is 6.55. The molecule has 0 saturated heterocycles. The van der Waals surface area contributed by atoms with Crippen LogP contribution in [0.25, 0.3) is 0 Å². The quantitative estimate of drug-likeness (QED) is 0.846. The maximum absolute atomic E-state index is 10.8. The molecule has 1 unspecified atom stereocenters. The van der Waals surface area contributed by atoms with Gasteiger partial charge in [-0.1, -0.05) is 6.92 Å². The highest BCUT2D eigenvalue weighted by molar-refractivity contribution is 7.98. The van der Waals surface area contributed by atoms with Gasteiger partial charge in [0, 0.05) is 24.5 Å². The Morgan fingerprint density at radius 1 is 1.41 bits per heavy atom. The maximum Gasteiger partial charge on any atom is 0.335 e. The van der Waals surface area contributed by atoms with Gasteiger partial charge in [-0.3, -0.25) is 0 Å². The van der Waals surface area contributed by atoms with Crippen LogP contribution in [0, 0.1) is 0 Å². The van der Waals surface area contributed by atoms with Gasteiger partial charge in [0.2, 0.25) is 0 Å². The third-order valence-electron chi connectivity index (χ3n) is 2.90. The summed E-state index contributed by atoms with van der Waals surface area (Å²) in [4.78, 5) is 13.0. The number of rotatable bonds is 6. The summed E-state index contributed by atoms with van der Waals surface area (Å²) in [5.41, 5.74) is 1.40. The number of carbonyl (C=O) groups is 1. The van der Waals surface area contributed by atoms with Gasteiger partial charge in [0.15, 0.2) is 0 Å². The van der Waals surface area contributed by atoms with Gasteiger partial charge in [-0.2, -0.15) is 11.8 Å². The molecule has 0 radical (unpaired) electrons. The minimum Gasteiger partial charge on any atom is -0.478 e. The molecule has 1 rings (SSSR count). The van der Waals surface area contributed by atoms with Gasteiger partial charge in [-0.05, 0) is 36.9 Å². The molecule has 0 aliphatic heterocycles. The number of nitrogens with zero attached hydrogens (tertiary/aromatic N) is 1. The van der Waals surface area contributed by atoms with E-state index in [9.17, 15) is 4.79 Å². The van der Waals surface area contributed by atoms with E-state index in [-0.39, 0.29) is 0 Å². The lowest BCUT2D eigenvalue weighted by Gasteiger charge is -2.28. The average Bonchev–Trinajstić information content (AvgIpc) is 2.35. The van der Waals surface area contributed by atoms with E-state index >= 15 is 0 Å². The molecule has 1 aromatic carbocycles. The van der Waals surface area contributed by atoms with Crippen molar-refractivity contribution in [3.8, 4) is 0 Å². The van der Waals surface area contributed by atoms with Crippen molar-refractivity contribution in [3.05, 3.63) is 29.8 Å². The number of carboxylic acids is 1. The van der Waals surface area contributed by atoms with Crippen LogP contribution in [-0.2, 0) is 0 Å². The molecule has 1 N–H and O–H groups in total. The number of hydrogen-bond donors (Lipinski definition) is 1. The van der Waals surface area contributed by atoms with E-state index in [1.165, 1.54) is 0 Å². The van der Waals surface area contributed by atoms with Crippen molar-refractivity contribution in [2.45, 2.75) is 19.4 Å². The number of carboxylic acid groups (broad SMARTS) is 1. The first kappa shape index (κ1) is 13.9. The van der Waals surface area contributed by atoms with Crippen molar-refractivity contribution in [3.63, 3.8) is 0 Å². The van der Waals surface area contributed by atoms with Gasteiger partial charge in [-0.25, -0.2) is 4.79 Å². The summed E-state index contributed by atoms with van der Waals surface area (Å²) < 4.78 is 0. The van der Waals surface area contributed by atoms with Crippen molar-refractivity contribution in [2.24, 2.45) is 0 Å². The Morgan fingerprint density at radius 3 is 2.41 bits per heavy atom. The first-order valence-electron chi connectivity index (χ1n) is 5.65. The smallest absolute Gasteiger partial charge is 0.335 e. The highest BCUT2D eigenvalue weighted by Crippen LogP contribution is 2.19. The summed E-state index contributed by atoms with van der Waals surface area (Å²) in [6, 6.07) is 7.53. The summed E-state index contributed by atoms with van der Waals surface area (Å²) in [6.07, 6.45) is 3.18. The predicted molar refractivity (Wildman–Crippen MR) is 74.3 cm³/mol. The molecule has 0 fully saturated rings. The van der Waals surface area contributed by atoms with Crippen molar-refractivity contribution < 1.29 is 9.90 Å². The average molecular weight is 253 g/mol. The van der Waals surface area contributed by atoms with Gasteiger partial charge < -0.3 is 10.0 Å². The molecular formula is C13H19NO2S. The van der Waals surface area contributed by atoms with Crippen LogP contribution >= 0.6 is 11.8 Å². The summed E-state index contributed by atoms with van der Waals surface area (Å²) in [7, 11) is 2.06. The Kier molecular flexibility index (Phi) is 5.35. The highest BCUT2D eigenvalue weighted by Gasteiger charge is 2.13. The fourth-order valence-corrected chi connectivity index (χ4v) is 2.59. The molecule has 0 aliphatic rings. The lowest BCUT2D eigenvalue weighted by Crippen LogP contribution is -2.33. The Balaban J connectivity index is 2.81. The normalized spacial score (nSPS) is 12.2. The molecule has 17 heavy (non-hydrogen) atoms. The van der Waals surface area contributed by atoms with Gasteiger partial charge in [0.25, 0.3) is 0 Å². The van der Waals surface area contributed by atoms with E-state index in [0.29, 0.717) is 11.6 Å². The standard InChI is InChI=1S/C13H19NO2S/c1-4-11(9-17-3)14(2)12-7-5-10(6-8-12)13(15)16/h5-8,11H,4,9H2,1-3H3,(H,15,16). The van der Waals surface area contributed by atoms with E-state index in [1.54, 1.807) is 12.1 Å². The SMILES string of the molecule is CCC(CSC)N(C)c1ccc(C(=O)O)cc1. The zero-order valence-electron chi connectivity index (χ0n) is 10.5. The zero-order valence-corrected chi connectivity index (χ0v) is 11.3. The summed E-state index contributed by atoms with van der Waals surface area (Å²) in [5.74, 6) is 0.198. The molecule has 0 bridgehead atoms. The molecule has 0 saturated carbocycles. The van der Waals surface area contributed by atoms with E-state index < -0.39 is 5.97 Å². The molecule has 0 heterocycles. The molecule has 0 spiro atoms. The van der Waals surface area contributed by atoms with E-state index in [2.05, 4.69) is 25.1 Å². The van der Waals surface area contributed by atoms with Crippen LogP contribution in [0.15, 0.2) is 24.3 Å². The Labute approximate surface area is 107 Å². The Hall–Kier alpha value is -1.16. The van der Waals surface area contributed by atoms with Crippen molar-refractivity contribution >= 4 is 23.4 Å². The van der Waals surface area contributed by atoms with Crippen LogP contribution in [0.1, 0.15) is 23.7 Å². The van der Waals surface area contributed by atoms with Crippen LogP contribution in [0.2, 0.25) is 0 Å². The van der Waals surface area contributed by atoms with E-state index in [0.717, 1.165) is 17.9 Å². The number of hydrogen-bond acceptors (Lipinski definition) is 3. The van der Waals surface area contributed by atoms with Crippen molar-refractivity contribution in [2.75, 3.05) is 24.0 Å². The minimum absolute atomic E-state index is 0.333. The first-order valence-corrected chi connectivity index (χ1v) is 7.04. The van der Waals surface area contributed by atoms with E-state index in [1.807, 2.05) is 23.9 Å². The summed E-state index contributed by atoms with van der Waals surface area (Å²) in [5, 5.41) is 8.84. The number of benzene rings is 1. The molecule has 3 nitrogen and oxygen atoms in total. The van der Waals surface area contributed by atoms with Gasteiger partial charge in [0.05, 0.1) is 5.56 Å². The fraction of sp³-hybridized carbons (Fsp3) is 0.462. The number of thioether (sulfide) groups is 1. The van der Waals surface area contributed by atoms with Crippen LogP contribution in [0.5, 0.6) is 0 Å². The summed E-state index contributed by atoms with van der Waals surface area (Å²) >= 11 is 1.83. The van der Waals surface area contributed by atoms with Crippen LogP contribution < -0.4 is 4.90 Å². The molecular weight excluding hydrogens is 234 g/mol. The molecule has 0 aromatic heterocycles. The highest BCUT2D eigenvalue weighted by atomic mass is 32.2. The topological polar surface area (TPSA) is 40.5 Å². The lowest BCUT2D eigenvalue weighted by molar-refractivity contribution is 0.0697. The maximum atomic E-state index is 10.8. The Morgan fingerprint density at radius 2 is 2.00 bits per heavy atom.